The predicted octanol–water partition coefficient (Wildman–Crippen LogP) is 1.95. The highest BCUT2D eigenvalue weighted by Gasteiger charge is 2.13. The molecule has 100 valence electrons. The monoisotopic (exact) mass is 257 g/mol. The van der Waals surface area contributed by atoms with Crippen molar-refractivity contribution in [1.82, 2.24) is 9.97 Å². The Morgan fingerprint density at radius 2 is 2.05 bits per heavy atom. The molecule has 1 unspecified atom stereocenters. The van der Waals surface area contributed by atoms with Crippen molar-refractivity contribution in [2.75, 3.05) is 6.54 Å². The van der Waals surface area contributed by atoms with Crippen LogP contribution in [0.4, 0.5) is 0 Å². The Morgan fingerprint density at radius 3 is 2.84 bits per heavy atom. The summed E-state index contributed by atoms with van der Waals surface area (Å²) < 4.78 is 0. The summed E-state index contributed by atoms with van der Waals surface area (Å²) in [6.45, 7) is 0.178. The summed E-state index contributed by atoms with van der Waals surface area (Å²) in [6.07, 6.45) is 5.97. The Kier molecular flexibility index (Phi) is 3.36. The number of hydrogen-bond donors (Lipinski definition) is 3. The van der Waals surface area contributed by atoms with Crippen molar-refractivity contribution in [3.63, 3.8) is 0 Å². The quantitative estimate of drug-likeness (QED) is 0.786. The van der Waals surface area contributed by atoms with Crippen LogP contribution >= 0.6 is 0 Å². The average molecular weight is 257 g/mol. The molecule has 0 spiro atoms. The number of aromatic nitrogens is 2. The number of aromatic amines is 1. The topological polar surface area (TPSA) is 74.9 Å². The van der Waals surface area contributed by atoms with Gasteiger partial charge >= 0.3 is 0 Å². The molecule has 0 bridgehead atoms. The molecule has 1 atom stereocenters. The van der Waals surface area contributed by atoms with Crippen molar-refractivity contribution in [2.45, 2.75) is 31.8 Å². The Bertz CT molecular complexity index is 577. The molecule has 0 radical (unpaired) electrons. The third-order valence-electron chi connectivity index (χ3n) is 3.79. The number of H-pyrrole nitrogens is 1. The molecule has 1 aliphatic carbocycles. The van der Waals surface area contributed by atoms with E-state index >= 15 is 0 Å². The predicted molar refractivity (Wildman–Crippen MR) is 74.7 cm³/mol. The molecule has 3 rings (SSSR count). The lowest BCUT2D eigenvalue weighted by Crippen LogP contribution is -2.12. The van der Waals surface area contributed by atoms with Crippen LogP contribution in [0, 0.1) is 0 Å². The van der Waals surface area contributed by atoms with Gasteiger partial charge in [0.2, 0.25) is 0 Å². The molecule has 1 heterocycles. The highest BCUT2D eigenvalue weighted by atomic mass is 16.3. The number of fused-ring (bicyclic) bond motifs is 1. The zero-order valence-corrected chi connectivity index (χ0v) is 10.9. The molecule has 1 aromatic heterocycles. The lowest BCUT2D eigenvalue weighted by Gasteiger charge is -2.16. The Hall–Kier alpha value is -1.65. The van der Waals surface area contributed by atoms with Crippen LogP contribution in [0.2, 0.25) is 0 Å². The van der Waals surface area contributed by atoms with Gasteiger partial charge in [0.1, 0.15) is 11.9 Å². The third-order valence-corrected chi connectivity index (χ3v) is 3.79. The van der Waals surface area contributed by atoms with Crippen molar-refractivity contribution in [2.24, 2.45) is 5.73 Å². The Labute approximate surface area is 112 Å². The van der Waals surface area contributed by atoms with Gasteiger partial charge in [-0.15, -0.1) is 0 Å². The van der Waals surface area contributed by atoms with Crippen LogP contribution in [0.3, 0.4) is 0 Å². The molecule has 1 aliphatic rings. The van der Waals surface area contributed by atoms with Gasteiger partial charge in [0.05, 0.1) is 11.9 Å². The molecule has 4 nitrogen and oxygen atoms in total. The smallest absolute Gasteiger partial charge is 0.136 e. The second-order valence-electron chi connectivity index (χ2n) is 5.12. The highest BCUT2D eigenvalue weighted by Crippen LogP contribution is 2.27. The second kappa shape index (κ2) is 5.15. The van der Waals surface area contributed by atoms with Crippen LogP contribution in [0.15, 0.2) is 24.4 Å². The number of rotatable bonds is 3. The fourth-order valence-electron chi connectivity index (χ4n) is 2.67. The van der Waals surface area contributed by atoms with Gasteiger partial charge in [0, 0.05) is 6.54 Å². The summed E-state index contributed by atoms with van der Waals surface area (Å²) in [5, 5.41) is 9.66. The number of aliphatic hydroxyl groups excluding tert-OH is 1. The van der Waals surface area contributed by atoms with Crippen LogP contribution in [0.1, 0.15) is 35.9 Å². The summed E-state index contributed by atoms with van der Waals surface area (Å²) in [5.41, 5.74) is 10.4. The summed E-state index contributed by atoms with van der Waals surface area (Å²) in [6, 6.07) is 6.57. The standard InChI is InChI=1S/C15H19N3O/c16-8-14(19)15-17-9-13(18-15)12-6-5-10-3-1-2-4-11(10)7-12/h5-7,9,14,19H,1-4,8,16H2,(H,17,18). The molecule has 19 heavy (non-hydrogen) atoms. The number of imidazole rings is 1. The number of hydrogen-bond acceptors (Lipinski definition) is 3. The van der Waals surface area contributed by atoms with Crippen molar-refractivity contribution in [1.29, 1.82) is 0 Å². The van der Waals surface area contributed by atoms with Crippen LogP contribution < -0.4 is 5.73 Å². The van der Waals surface area contributed by atoms with Crippen molar-refractivity contribution in [3.8, 4) is 11.3 Å². The number of aliphatic hydroxyl groups is 1. The summed E-state index contributed by atoms with van der Waals surface area (Å²) in [5.74, 6) is 0.537. The minimum atomic E-state index is -0.716. The van der Waals surface area contributed by atoms with Gasteiger partial charge in [-0.3, -0.25) is 0 Å². The van der Waals surface area contributed by atoms with E-state index in [1.54, 1.807) is 6.20 Å². The van der Waals surface area contributed by atoms with Crippen molar-refractivity contribution in [3.05, 3.63) is 41.3 Å². The molecule has 0 saturated heterocycles. The molecule has 2 aromatic rings. The van der Waals surface area contributed by atoms with E-state index < -0.39 is 6.10 Å². The van der Waals surface area contributed by atoms with Gasteiger partial charge in [0.25, 0.3) is 0 Å². The van der Waals surface area contributed by atoms with E-state index in [4.69, 9.17) is 5.73 Å². The first-order chi connectivity index (χ1) is 9.28. The largest absolute Gasteiger partial charge is 0.384 e. The van der Waals surface area contributed by atoms with Crippen LogP contribution in [-0.4, -0.2) is 21.6 Å². The molecular formula is C15H19N3O. The lowest BCUT2D eigenvalue weighted by molar-refractivity contribution is 0.177. The zero-order valence-electron chi connectivity index (χ0n) is 10.9. The Morgan fingerprint density at radius 1 is 1.26 bits per heavy atom. The normalized spacial score (nSPS) is 16.1. The molecule has 1 aromatic carbocycles. The molecule has 0 aliphatic heterocycles. The van der Waals surface area contributed by atoms with Crippen molar-refractivity contribution < 1.29 is 5.11 Å². The number of nitrogens with one attached hydrogen (secondary N) is 1. The van der Waals surface area contributed by atoms with E-state index in [1.807, 2.05) is 0 Å². The lowest BCUT2D eigenvalue weighted by atomic mass is 9.90. The average Bonchev–Trinajstić information content (AvgIpc) is 2.95. The number of aryl methyl sites for hydroxylation is 2. The maximum Gasteiger partial charge on any atom is 0.136 e. The minimum absolute atomic E-state index is 0.178. The maximum absolute atomic E-state index is 9.66. The SMILES string of the molecule is NCC(O)c1ncc(-c2ccc3c(c2)CCCC3)[nH]1. The van der Waals surface area contributed by atoms with Crippen LogP contribution in [0.5, 0.6) is 0 Å². The fraction of sp³-hybridized carbons (Fsp3) is 0.400. The molecule has 4 heteroatoms. The first kappa shape index (κ1) is 12.4. The van der Waals surface area contributed by atoms with E-state index in [0.717, 1.165) is 17.7 Å². The minimum Gasteiger partial charge on any atom is -0.384 e. The van der Waals surface area contributed by atoms with Crippen molar-refractivity contribution >= 4 is 0 Å². The first-order valence-electron chi connectivity index (χ1n) is 6.83. The zero-order chi connectivity index (χ0) is 13.2. The molecule has 0 saturated carbocycles. The summed E-state index contributed by atoms with van der Waals surface area (Å²) in [7, 11) is 0. The van der Waals surface area contributed by atoms with E-state index in [9.17, 15) is 5.11 Å². The second-order valence-corrected chi connectivity index (χ2v) is 5.12. The highest BCUT2D eigenvalue weighted by molar-refractivity contribution is 5.61. The van der Waals surface area contributed by atoms with E-state index in [1.165, 1.54) is 30.4 Å². The Balaban J connectivity index is 1.91. The number of nitrogens with zero attached hydrogens (tertiary/aromatic N) is 1. The van der Waals surface area contributed by atoms with Gasteiger partial charge in [-0.25, -0.2) is 4.98 Å². The fourth-order valence-corrected chi connectivity index (χ4v) is 2.67. The summed E-state index contributed by atoms with van der Waals surface area (Å²) >= 11 is 0. The molecule has 0 amide bonds. The van der Waals surface area contributed by atoms with Crippen LogP contribution in [-0.2, 0) is 12.8 Å². The summed E-state index contributed by atoms with van der Waals surface area (Å²) in [4.78, 5) is 7.34. The van der Waals surface area contributed by atoms with E-state index in [2.05, 4.69) is 28.2 Å². The van der Waals surface area contributed by atoms with Gasteiger partial charge < -0.3 is 15.8 Å². The number of benzene rings is 1. The van der Waals surface area contributed by atoms with E-state index in [0.29, 0.717) is 5.82 Å². The van der Waals surface area contributed by atoms with Gasteiger partial charge in [-0.05, 0) is 48.4 Å². The maximum atomic E-state index is 9.66. The molecule has 4 N–H and O–H groups in total. The van der Waals surface area contributed by atoms with Gasteiger partial charge in [-0.1, -0.05) is 12.1 Å². The molecule has 0 fully saturated rings. The van der Waals surface area contributed by atoms with Gasteiger partial charge in [0.15, 0.2) is 0 Å². The number of nitrogens with two attached hydrogens (primary N) is 1. The van der Waals surface area contributed by atoms with Crippen LogP contribution in [0.25, 0.3) is 11.3 Å². The molecular weight excluding hydrogens is 238 g/mol. The third kappa shape index (κ3) is 2.41. The van der Waals surface area contributed by atoms with E-state index in [-0.39, 0.29) is 6.54 Å². The van der Waals surface area contributed by atoms with Gasteiger partial charge in [-0.2, -0.15) is 0 Å². The first-order valence-corrected chi connectivity index (χ1v) is 6.83.